The van der Waals surface area contributed by atoms with Crippen LogP contribution in [0.1, 0.15) is 22.0 Å². The Labute approximate surface area is 408 Å². The van der Waals surface area contributed by atoms with Crippen LogP contribution in [0.25, 0.3) is 81.8 Å². The maximum atomic E-state index is 6.49. The lowest BCUT2D eigenvalue weighted by molar-refractivity contribution is 0.670. The average molecular weight is 915 g/mol. The van der Waals surface area contributed by atoms with Crippen molar-refractivity contribution in [3.63, 3.8) is 0 Å². The Morgan fingerprint density at radius 1 is 0.486 bits per heavy atom. The molecule has 0 bridgehead atoms. The smallest absolute Gasteiger partial charge is 0.143 e. The Bertz CT molecular complexity index is 4130. The second-order valence-corrected chi connectivity index (χ2v) is 19.0. The molecule has 1 aliphatic rings. The molecule has 1 N–H and O–H groups in total. The van der Waals surface area contributed by atoms with Gasteiger partial charge in [0.15, 0.2) is 0 Å². The Morgan fingerprint density at radius 3 is 1.94 bits per heavy atom. The van der Waals surface area contributed by atoms with Gasteiger partial charge >= 0.3 is 0 Å². The van der Waals surface area contributed by atoms with Gasteiger partial charge in [-0.2, -0.15) is 0 Å². The number of nitrogens with zero attached hydrogens (tertiary/aromatic N) is 3. The van der Waals surface area contributed by atoms with Crippen LogP contribution in [0.2, 0.25) is 0 Å². The van der Waals surface area contributed by atoms with Crippen LogP contribution in [0.4, 0.5) is 22.7 Å². The first-order valence-corrected chi connectivity index (χ1v) is 24.5. The van der Waals surface area contributed by atoms with Crippen molar-refractivity contribution in [1.29, 1.82) is 0 Å². The molecule has 14 rings (SSSR count). The van der Waals surface area contributed by atoms with Crippen LogP contribution in [0.5, 0.6) is 0 Å². The third-order valence-corrected chi connectivity index (χ3v) is 15.1. The molecular weight excluding hydrogens is 873 g/mol. The number of furan rings is 1. The van der Waals surface area contributed by atoms with Gasteiger partial charge in [-0.05, 0) is 101 Å². The SMILES string of the molecule is c1ccc(-c2ccc(C3NC(c4ccc5c(c4)c4c(N(c6ccccc6)c6ccc(-c7cccc8c7oc7ccccc78)cc6)cccc4n5-c4ccccc4)=Nc4c3sc3ccccc43)cc2)cc1. The van der Waals surface area contributed by atoms with Crippen LogP contribution in [0.3, 0.4) is 0 Å². The van der Waals surface area contributed by atoms with Gasteiger partial charge in [0.05, 0.1) is 33.3 Å². The number of aliphatic imine (C=N–C) groups is 1. The van der Waals surface area contributed by atoms with E-state index >= 15 is 0 Å². The second-order valence-electron chi connectivity index (χ2n) is 17.9. The van der Waals surface area contributed by atoms with E-state index in [1.165, 1.54) is 31.7 Å². The molecule has 1 atom stereocenters. The Kier molecular flexibility index (Phi) is 9.39. The maximum absolute atomic E-state index is 6.49. The van der Waals surface area contributed by atoms with Gasteiger partial charge < -0.3 is 19.2 Å². The molecule has 0 radical (unpaired) electrons. The number of nitrogens with one attached hydrogen (secondary N) is 1. The molecule has 0 fully saturated rings. The molecule has 70 heavy (non-hydrogen) atoms. The number of anilines is 3. The van der Waals surface area contributed by atoms with E-state index in [0.29, 0.717) is 0 Å². The monoisotopic (exact) mass is 914 g/mol. The molecule has 0 spiro atoms. The van der Waals surface area contributed by atoms with Gasteiger partial charge in [0.2, 0.25) is 0 Å². The molecule has 13 aromatic rings. The van der Waals surface area contributed by atoms with E-state index in [1.54, 1.807) is 0 Å². The first-order chi connectivity index (χ1) is 34.7. The summed E-state index contributed by atoms with van der Waals surface area (Å²) in [6.07, 6.45) is 0. The Morgan fingerprint density at radius 2 is 1.13 bits per heavy atom. The van der Waals surface area contributed by atoms with E-state index in [4.69, 9.17) is 9.41 Å². The zero-order chi connectivity index (χ0) is 46.1. The number of hydrogen-bond acceptors (Lipinski definition) is 5. The number of hydrogen-bond donors (Lipinski definition) is 1. The molecule has 0 aliphatic carbocycles. The average Bonchev–Trinajstić information content (AvgIpc) is 4.12. The number of fused-ring (bicyclic) bond motifs is 9. The van der Waals surface area contributed by atoms with Crippen LogP contribution in [-0.2, 0) is 0 Å². The minimum Gasteiger partial charge on any atom is -0.455 e. The molecule has 1 unspecified atom stereocenters. The van der Waals surface area contributed by atoms with E-state index in [-0.39, 0.29) is 6.04 Å². The van der Waals surface area contributed by atoms with Crippen molar-refractivity contribution in [3.05, 3.63) is 259 Å². The molecule has 0 amide bonds. The third-order valence-electron chi connectivity index (χ3n) is 13.9. The normalized spacial score (nSPS) is 13.5. The lowest BCUT2D eigenvalue weighted by Crippen LogP contribution is -2.32. The number of benzene rings is 10. The van der Waals surface area contributed by atoms with Crippen molar-refractivity contribution in [2.75, 3.05) is 4.90 Å². The fourth-order valence-electron chi connectivity index (χ4n) is 10.6. The third kappa shape index (κ3) is 6.56. The van der Waals surface area contributed by atoms with Gasteiger partial charge in [0.1, 0.15) is 17.0 Å². The van der Waals surface area contributed by atoms with Gasteiger partial charge in [0, 0.05) is 59.8 Å². The lowest BCUT2D eigenvalue weighted by Gasteiger charge is -2.27. The molecule has 6 heteroatoms. The quantitative estimate of drug-likeness (QED) is 0.165. The summed E-state index contributed by atoms with van der Waals surface area (Å²) in [5, 5.41) is 9.68. The maximum Gasteiger partial charge on any atom is 0.143 e. The van der Waals surface area contributed by atoms with Gasteiger partial charge in [-0.25, -0.2) is 4.99 Å². The number of rotatable bonds is 8. The molecule has 10 aromatic carbocycles. The van der Waals surface area contributed by atoms with Crippen LogP contribution in [0.15, 0.2) is 252 Å². The summed E-state index contributed by atoms with van der Waals surface area (Å²) >= 11 is 1.82. The van der Waals surface area contributed by atoms with Crippen LogP contribution < -0.4 is 10.2 Å². The van der Waals surface area contributed by atoms with Gasteiger partial charge in [-0.1, -0.05) is 164 Å². The minimum absolute atomic E-state index is 0.0861. The summed E-state index contributed by atoms with van der Waals surface area (Å²) in [5.74, 6) is 0.850. The highest BCUT2D eigenvalue weighted by molar-refractivity contribution is 7.19. The topological polar surface area (TPSA) is 45.7 Å². The molecule has 4 heterocycles. The predicted molar refractivity (Wildman–Crippen MR) is 293 cm³/mol. The fraction of sp³-hybridized carbons (Fsp3) is 0.0156. The molecule has 0 saturated carbocycles. The van der Waals surface area contributed by atoms with Gasteiger partial charge in [0.25, 0.3) is 0 Å². The summed E-state index contributed by atoms with van der Waals surface area (Å²) in [6, 6.07) is 86.8. The van der Waals surface area contributed by atoms with Crippen LogP contribution in [-0.4, -0.2) is 10.4 Å². The van der Waals surface area contributed by atoms with Crippen molar-refractivity contribution in [3.8, 4) is 27.9 Å². The van der Waals surface area contributed by atoms with Crippen molar-refractivity contribution < 1.29 is 4.42 Å². The first kappa shape index (κ1) is 40.1. The minimum atomic E-state index is -0.0861. The molecule has 5 nitrogen and oxygen atoms in total. The number of amidine groups is 1. The van der Waals surface area contributed by atoms with Gasteiger partial charge in [-0.3, -0.25) is 0 Å². The summed E-state index contributed by atoms with van der Waals surface area (Å²) < 4.78 is 10.1. The highest BCUT2D eigenvalue weighted by Gasteiger charge is 2.29. The highest BCUT2D eigenvalue weighted by Crippen LogP contribution is 2.48. The van der Waals surface area contributed by atoms with Crippen molar-refractivity contribution in [1.82, 2.24) is 9.88 Å². The largest absolute Gasteiger partial charge is 0.455 e. The zero-order valence-electron chi connectivity index (χ0n) is 37.8. The van der Waals surface area contributed by atoms with E-state index in [1.807, 2.05) is 23.5 Å². The second kappa shape index (κ2) is 16.4. The zero-order valence-corrected chi connectivity index (χ0v) is 38.6. The van der Waals surface area contributed by atoms with Crippen LogP contribution >= 0.6 is 11.3 Å². The van der Waals surface area contributed by atoms with Crippen molar-refractivity contribution in [2.45, 2.75) is 6.04 Å². The van der Waals surface area contributed by atoms with Gasteiger partial charge in [-0.15, -0.1) is 11.3 Å². The fourth-order valence-corrected chi connectivity index (χ4v) is 11.8. The van der Waals surface area contributed by atoms with Crippen LogP contribution in [0, 0.1) is 0 Å². The van der Waals surface area contributed by atoms with E-state index < -0.39 is 0 Å². The number of aromatic nitrogens is 1. The molecular formula is C64H42N4OS. The highest BCUT2D eigenvalue weighted by atomic mass is 32.1. The molecule has 1 aliphatic heterocycles. The van der Waals surface area contributed by atoms with Crippen molar-refractivity contribution >= 4 is 93.8 Å². The predicted octanol–water partition coefficient (Wildman–Crippen LogP) is 17.5. The van der Waals surface area contributed by atoms with E-state index in [0.717, 1.165) is 94.7 Å². The molecule has 330 valence electrons. The standard InChI is InChI=1S/C64H42N4OS/c1-4-16-41(17-5-1)42-30-32-44(33-31-42)60-63-61(52-23-11-13-29-58(52)70-63)66-64(65-60)45-36-39-54-53(40-45)59-55(26-15-27-56(59)68(54)47-20-8-3-9-21-47)67(46-18-6-2-7-19-46)48-37-34-43(35-38-48)49-24-14-25-51-50-22-10-12-28-57(50)69-62(49)51/h1-40,60H,(H,65,66). The van der Waals surface area contributed by atoms with E-state index in [2.05, 4.69) is 245 Å². The molecule has 0 saturated heterocycles. The lowest BCUT2D eigenvalue weighted by atomic mass is 9.97. The van der Waals surface area contributed by atoms with Crippen molar-refractivity contribution in [2.24, 2.45) is 4.99 Å². The summed E-state index contributed by atoms with van der Waals surface area (Å²) in [4.78, 5) is 9.12. The van der Waals surface area contributed by atoms with E-state index in [9.17, 15) is 0 Å². The summed E-state index contributed by atoms with van der Waals surface area (Å²) in [5.41, 5.74) is 16.1. The summed E-state index contributed by atoms with van der Waals surface area (Å²) in [6.45, 7) is 0. The molecule has 3 aromatic heterocycles. The Balaban J connectivity index is 0.939. The number of thiophene rings is 1. The Hall–Kier alpha value is -8.97. The number of para-hydroxylation sites is 4. The first-order valence-electron chi connectivity index (χ1n) is 23.7. The summed E-state index contributed by atoms with van der Waals surface area (Å²) in [7, 11) is 0.